The molecule has 9 heavy (non-hydrogen) atoms. The summed E-state index contributed by atoms with van der Waals surface area (Å²) >= 11 is 0. The van der Waals surface area contributed by atoms with E-state index >= 15 is 0 Å². The van der Waals surface area contributed by atoms with Crippen LogP contribution >= 0.6 is 0 Å². The average Bonchev–Trinajstić information content (AvgIpc) is 2.08. The van der Waals surface area contributed by atoms with E-state index in [2.05, 4.69) is 30.3 Å². The molecule has 0 saturated carbocycles. The lowest BCUT2D eigenvalue weighted by atomic mass is 10.1. The minimum Gasteiger partial charge on any atom is -0.222 e. The van der Waals surface area contributed by atoms with Gasteiger partial charge in [-0.25, -0.2) is 9.57 Å². The van der Waals surface area contributed by atoms with Crippen LogP contribution in [0.1, 0.15) is 20.8 Å². The van der Waals surface area contributed by atoms with E-state index in [0.717, 1.165) is 6.67 Å². The van der Waals surface area contributed by atoms with E-state index in [9.17, 15) is 0 Å². The van der Waals surface area contributed by atoms with E-state index in [1.165, 1.54) is 0 Å². The van der Waals surface area contributed by atoms with Crippen LogP contribution in [-0.2, 0) is 0 Å². The van der Waals surface area contributed by atoms with Gasteiger partial charge in [-0.15, -0.1) is 0 Å². The lowest BCUT2D eigenvalue weighted by Gasteiger charge is -2.12. The maximum Gasteiger partial charge on any atom is 0.236 e. The first kappa shape index (κ1) is 6.46. The van der Waals surface area contributed by atoms with Crippen LogP contribution in [0, 0.1) is 0 Å². The quantitative estimate of drug-likeness (QED) is 0.428. The first-order valence-corrected chi connectivity index (χ1v) is 3.21. The summed E-state index contributed by atoms with van der Waals surface area (Å²) in [6.07, 6.45) is 3.88. The van der Waals surface area contributed by atoms with Crippen LogP contribution in [0.3, 0.4) is 0 Å². The second-order valence-electron chi connectivity index (χ2n) is 3.26. The van der Waals surface area contributed by atoms with Gasteiger partial charge in [0.2, 0.25) is 6.67 Å². The van der Waals surface area contributed by atoms with Crippen molar-refractivity contribution in [1.82, 2.24) is 0 Å². The fourth-order valence-corrected chi connectivity index (χ4v) is 0.746. The number of hydrogen-bond donors (Lipinski definition) is 0. The van der Waals surface area contributed by atoms with Crippen LogP contribution in [0.15, 0.2) is 4.99 Å². The van der Waals surface area contributed by atoms with E-state index < -0.39 is 0 Å². The minimum atomic E-state index is 0.233. The second-order valence-corrected chi connectivity index (χ2v) is 3.26. The largest absolute Gasteiger partial charge is 0.236 e. The molecule has 0 spiro atoms. The van der Waals surface area contributed by atoms with Crippen LogP contribution in [0.2, 0.25) is 0 Å². The van der Waals surface area contributed by atoms with Gasteiger partial charge < -0.3 is 0 Å². The number of nitrogens with zero attached hydrogens (tertiary/aromatic N) is 2. The Kier molecular flexibility index (Phi) is 1.39. The summed E-state index contributed by atoms with van der Waals surface area (Å²) in [5.74, 6) is 0. The van der Waals surface area contributed by atoms with Gasteiger partial charge in [0, 0.05) is 0 Å². The van der Waals surface area contributed by atoms with E-state index in [1.807, 2.05) is 12.4 Å². The summed E-state index contributed by atoms with van der Waals surface area (Å²) in [5, 5.41) is 0. The topological polar surface area (TPSA) is 15.4 Å². The monoisotopic (exact) mass is 125 g/mol. The molecule has 0 amide bonds. The van der Waals surface area contributed by atoms with Gasteiger partial charge in [-0.2, -0.15) is 0 Å². The Morgan fingerprint density at radius 3 is 2.33 bits per heavy atom. The Morgan fingerprint density at radius 1 is 1.44 bits per heavy atom. The van der Waals surface area contributed by atoms with Crippen molar-refractivity contribution in [2.45, 2.75) is 26.3 Å². The first-order chi connectivity index (χ1) is 4.11. The molecule has 0 aromatic rings. The molecule has 1 aliphatic heterocycles. The molecule has 0 saturated heterocycles. The maximum atomic E-state index is 4.08. The van der Waals surface area contributed by atoms with Gasteiger partial charge in [0.15, 0.2) is 11.8 Å². The van der Waals surface area contributed by atoms with Crippen LogP contribution in [-0.4, -0.2) is 29.2 Å². The van der Waals surface area contributed by atoms with Crippen molar-refractivity contribution in [1.29, 1.82) is 0 Å². The molecule has 1 rings (SSSR count). The summed E-state index contributed by atoms with van der Waals surface area (Å²) in [6.45, 7) is 7.36. The zero-order valence-corrected chi connectivity index (χ0v) is 6.26. The van der Waals surface area contributed by atoms with Gasteiger partial charge in [-0.05, 0) is 20.8 Å². The Balaban J connectivity index is 2.66. The van der Waals surface area contributed by atoms with Crippen molar-refractivity contribution in [2.24, 2.45) is 4.99 Å². The molecule has 2 nitrogen and oxygen atoms in total. The third-order valence-corrected chi connectivity index (χ3v) is 1.45. The highest BCUT2D eigenvalue weighted by Gasteiger charge is 2.24. The zero-order chi connectivity index (χ0) is 6.91. The molecule has 0 radical (unpaired) electrons. The molecule has 1 aliphatic rings. The molecule has 0 bridgehead atoms. The van der Waals surface area contributed by atoms with E-state index in [1.54, 1.807) is 0 Å². The predicted octanol–water partition coefficient (Wildman–Crippen LogP) is 0.910. The van der Waals surface area contributed by atoms with Gasteiger partial charge >= 0.3 is 0 Å². The molecule has 50 valence electrons. The number of rotatable bonds is 0. The van der Waals surface area contributed by atoms with Crippen molar-refractivity contribution >= 4 is 12.4 Å². The van der Waals surface area contributed by atoms with Crippen molar-refractivity contribution in [3.8, 4) is 0 Å². The molecule has 0 aliphatic carbocycles. The van der Waals surface area contributed by atoms with Crippen LogP contribution in [0.25, 0.3) is 0 Å². The van der Waals surface area contributed by atoms with Crippen molar-refractivity contribution in [3.63, 3.8) is 0 Å². The molecule has 0 aromatic carbocycles. The molecule has 0 atom stereocenters. The van der Waals surface area contributed by atoms with Crippen molar-refractivity contribution < 1.29 is 4.58 Å². The van der Waals surface area contributed by atoms with Gasteiger partial charge in [0.25, 0.3) is 0 Å². The fraction of sp³-hybridized carbons (Fsp3) is 0.714. The third-order valence-electron chi connectivity index (χ3n) is 1.45. The summed E-state index contributed by atoms with van der Waals surface area (Å²) in [5.41, 5.74) is 0.233. The maximum absolute atomic E-state index is 4.08. The van der Waals surface area contributed by atoms with E-state index in [0.29, 0.717) is 0 Å². The summed E-state index contributed by atoms with van der Waals surface area (Å²) in [7, 11) is 0. The summed E-state index contributed by atoms with van der Waals surface area (Å²) < 4.78 is 2.20. The molecule has 0 aromatic heterocycles. The van der Waals surface area contributed by atoms with E-state index in [4.69, 9.17) is 0 Å². The minimum absolute atomic E-state index is 0.233. The van der Waals surface area contributed by atoms with Gasteiger partial charge in [-0.1, -0.05) is 0 Å². The molecular weight excluding hydrogens is 112 g/mol. The highest BCUT2D eigenvalue weighted by molar-refractivity contribution is 6.14. The summed E-state index contributed by atoms with van der Waals surface area (Å²) in [4.78, 5) is 4.08. The zero-order valence-electron chi connectivity index (χ0n) is 6.26. The van der Waals surface area contributed by atoms with Gasteiger partial charge in [0.1, 0.15) is 0 Å². The highest BCUT2D eigenvalue weighted by Crippen LogP contribution is 2.06. The molecular formula is C7H13N2+. The SMILES string of the molecule is CC(C)(C)[N+]1=CC=NC1. The Bertz CT molecular complexity index is 160. The Labute approximate surface area is 55.9 Å². The first-order valence-electron chi connectivity index (χ1n) is 3.21. The Morgan fingerprint density at radius 2 is 2.11 bits per heavy atom. The smallest absolute Gasteiger partial charge is 0.222 e. The van der Waals surface area contributed by atoms with E-state index in [-0.39, 0.29) is 5.54 Å². The lowest BCUT2D eigenvalue weighted by Crippen LogP contribution is -2.31. The highest BCUT2D eigenvalue weighted by atomic mass is 15.2. The lowest BCUT2D eigenvalue weighted by molar-refractivity contribution is -0.587. The van der Waals surface area contributed by atoms with Crippen molar-refractivity contribution in [2.75, 3.05) is 6.67 Å². The van der Waals surface area contributed by atoms with Gasteiger partial charge in [0.05, 0.1) is 6.21 Å². The second kappa shape index (κ2) is 1.94. The standard InChI is InChI=1S/C7H13N2/c1-7(2,3)9-5-4-8-6-9/h4-5H,6H2,1-3H3/q+1. The van der Waals surface area contributed by atoms with Crippen LogP contribution < -0.4 is 0 Å². The molecule has 2 heteroatoms. The molecule has 1 heterocycles. The average molecular weight is 125 g/mol. The molecule has 0 N–H and O–H groups in total. The Hall–Kier alpha value is -0.660. The van der Waals surface area contributed by atoms with Crippen LogP contribution in [0.5, 0.6) is 0 Å². The van der Waals surface area contributed by atoms with Gasteiger partial charge in [-0.3, -0.25) is 0 Å². The normalized spacial score (nSPS) is 18.3. The van der Waals surface area contributed by atoms with Crippen molar-refractivity contribution in [3.05, 3.63) is 0 Å². The number of hydrogen-bond acceptors (Lipinski definition) is 1. The predicted molar refractivity (Wildman–Crippen MR) is 39.4 cm³/mol. The summed E-state index contributed by atoms with van der Waals surface area (Å²) in [6, 6.07) is 0. The van der Waals surface area contributed by atoms with Crippen LogP contribution in [0.4, 0.5) is 0 Å². The molecule has 0 unspecified atom stereocenters. The third kappa shape index (κ3) is 1.37. The number of aliphatic imine (C=N–C) groups is 1. The fourth-order valence-electron chi connectivity index (χ4n) is 0.746. The molecule has 0 fully saturated rings.